The maximum absolute atomic E-state index is 12.4. The van der Waals surface area contributed by atoms with Gasteiger partial charge in [0.2, 0.25) is 5.91 Å². The van der Waals surface area contributed by atoms with Crippen molar-refractivity contribution in [3.8, 4) is 0 Å². The van der Waals surface area contributed by atoms with Crippen LogP contribution in [-0.2, 0) is 4.79 Å². The fourth-order valence-corrected chi connectivity index (χ4v) is 3.87. The van der Waals surface area contributed by atoms with Crippen molar-refractivity contribution in [3.63, 3.8) is 0 Å². The number of carbonyl (C=O) groups is 1. The molecule has 2 heterocycles. The minimum atomic E-state index is 0.226. The first-order chi connectivity index (χ1) is 9.75. The molecule has 1 amide bonds. The second-order valence-corrected chi connectivity index (χ2v) is 6.90. The van der Waals surface area contributed by atoms with Crippen LogP contribution in [0.15, 0.2) is 30.3 Å². The Hall–Kier alpha value is -1.00. The van der Waals surface area contributed by atoms with E-state index in [0.29, 0.717) is 11.9 Å². The highest BCUT2D eigenvalue weighted by molar-refractivity contribution is 7.99. The first-order valence-electron chi connectivity index (χ1n) is 7.41. The van der Waals surface area contributed by atoms with Crippen molar-refractivity contribution >= 4 is 17.7 Å². The third-order valence-electron chi connectivity index (χ3n) is 4.41. The van der Waals surface area contributed by atoms with Gasteiger partial charge in [-0.15, -0.1) is 0 Å². The Morgan fingerprint density at radius 2 is 1.85 bits per heavy atom. The van der Waals surface area contributed by atoms with Crippen molar-refractivity contribution < 1.29 is 4.79 Å². The average molecular weight is 290 g/mol. The predicted octanol–water partition coefficient (Wildman–Crippen LogP) is 2.25. The van der Waals surface area contributed by atoms with Gasteiger partial charge in [0, 0.05) is 43.7 Å². The molecule has 1 unspecified atom stereocenters. The Labute approximate surface area is 125 Å². The number of amides is 1. The number of carbonyl (C=O) groups excluding carboxylic acids is 1. The number of hydrogen-bond donors (Lipinski definition) is 0. The molecule has 20 heavy (non-hydrogen) atoms. The van der Waals surface area contributed by atoms with Crippen LogP contribution in [0.2, 0.25) is 0 Å². The number of hydrogen-bond acceptors (Lipinski definition) is 3. The average Bonchev–Trinajstić information content (AvgIpc) is 2.47. The van der Waals surface area contributed by atoms with Crippen LogP contribution in [0.3, 0.4) is 0 Å². The fourth-order valence-electron chi connectivity index (χ4n) is 2.97. The van der Waals surface area contributed by atoms with Crippen LogP contribution < -0.4 is 0 Å². The summed E-state index contributed by atoms with van der Waals surface area (Å²) in [6.45, 7) is 5.94. The van der Waals surface area contributed by atoms with E-state index in [-0.39, 0.29) is 5.92 Å². The van der Waals surface area contributed by atoms with Crippen LogP contribution in [0.5, 0.6) is 0 Å². The molecule has 1 atom stereocenters. The van der Waals surface area contributed by atoms with Crippen molar-refractivity contribution in [3.05, 3.63) is 35.9 Å². The van der Waals surface area contributed by atoms with Crippen LogP contribution in [-0.4, -0.2) is 53.4 Å². The first-order valence-corrected chi connectivity index (χ1v) is 8.56. The topological polar surface area (TPSA) is 23.6 Å². The number of rotatable bonds is 3. The monoisotopic (exact) mass is 290 g/mol. The highest BCUT2D eigenvalue weighted by Crippen LogP contribution is 2.29. The molecule has 0 N–H and O–H groups in total. The van der Waals surface area contributed by atoms with Crippen molar-refractivity contribution in [2.24, 2.45) is 5.92 Å². The maximum Gasteiger partial charge on any atom is 0.228 e. The molecular weight excluding hydrogens is 268 g/mol. The van der Waals surface area contributed by atoms with Gasteiger partial charge in [0.15, 0.2) is 0 Å². The third kappa shape index (κ3) is 2.86. The molecule has 4 heteroatoms. The summed E-state index contributed by atoms with van der Waals surface area (Å²) in [5.74, 6) is 2.80. The van der Waals surface area contributed by atoms with Crippen LogP contribution in [0.1, 0.15) is 18.5 Å². The minimum Gasteiger partial charge on any atom is -0.341 e. The lowest BCUT2D eigenvalue weighted by Crippen LogP contribution is -2.56. The van der Waals surface area contributed by atoms with E-state index in [2.05, 4.69) is 41.0 Å². The summed E-state index contributed by atoms with van der Waals surface area (Å²) in [4.78, 5) is 16.8. The summed E-state index contributed by atoms with van der Waals surface area (Å²) >= 11 is 1.95. The Kier molecular flexibility index (Phi) is 4.32. The molecule has 0 saturated carbocycles. The van der Waals surface area contributed by atoms with E-state index in [9.17, 15) is 4.79 Å². The molecule has 0 radical (unpaired) electrons. The molecule has 1 aromatic rings. The minimum absolute atomic E-state index is 0.226. The number of benzene rings is 1. The Morgan fingerprint density at radius 1 is 1.20 bits per heavy atom. The number of nitrogens with zero attached hydrogens (tertiary/aromatic N) is 2. The normalized spacial score (nSPS) is 22.4. The van der Waals surface area contributed by atoms with Gasteiger partial charge in [0.05, 0.1) is 5.92 Å². The molecule has 3 rings (SSSR count). The van der Waals surface area contributed by atoms with Gasteiger partial charge in [-0.25, -0.2) is 0 Å². The van der Waals surface area contributed by atoms with Gasteiger partial charge in [0.1, 0.15) is 0 Å². The Balaban J connectivity index is 1.52. The molecule has 2 aliphatic heterocycles. The lowest BCUT2D eigenvalue weighted by Gasteiger charge is -2.44. The molecule has 2 saturated heterocycles. The standard InChI is InChI=1S/C16H22N2OS/c1-13(14-5-3-2-4-6-14)18-11-15(12-18)16(19)17-7-9-20-10-8-17/h2-6,13,15H,7-12H2,1H3. The zero-order valence-corrected chi connectivity index (χ0v) is 12.8. The molecule has 0 aliphatic carbocycles. The van der Waals surface area contributed by atoms with Crippen LogP contribution in [0.25, 0.3) is 0 Å². The van der Waals surface area contributed by atoms with Gasteiger partial charge in [-0.3, -0.25) is 9.69 Å². The Bertz CT molecular complexity index is 453. The summed E-state index contributed by atoms with van der Waals surface area (Å²) in [5.41, 5.74) is 1.34. The lowest BCUT2D eigenvalue weighted by molar-refractivity contribution is -0.141. The maximum atomic E-state index is 12.4. The summed E-state index contributed by atoms with van der Waals surface area (Å²) in [5, 5.41) is 0. The highest BCUT2D eigenvalue weighted by Gasteiger charge is 2.37. The molecule has 2 fully saturated rings. The fraction of sp³-hybridized carbons (Fsp3) is 0.562. The summed E-state index contributed by atoms with van der Waals surface area (Å²) in [7, 11) is 0. The molecule has 108 valence electrons. The summed E-state index contributed by atoms with van der Waals surface area (Å²) in [6, 6.07) is 11.0. The molecule has 0 spiro atoms. The zero-order valence-electron chi connectivity index (χ0n) is 12.0. The molecule has 2 aliphatic rings. The Morgan fingerprint density at radius 3 is 2.50 bits per heavy atom. The van der Waals surface area contributed by atoms with Crippen LogP contribution >= 0.6 is 11.8 Å². The van der Waals surface area contributed by atoms with E-state index in [1.165, 1.54) is 5.56 Å². The van der Waals surface area contributed by atoms with Gasteiger partial charge in [-0.05, 0) is 12.5 Å². The van der Waals surface area contributed by atoms with E-state index in [1.807, 2.05) is 17.8 Å². The lowest BCUT2D eigenvalue weighted by atomic mass is 9.94. The van der Waals surface area contributed by atoms with Gasteiger partial charge in [-0.1, -0.05) is 30.3 Å². The van der Waals surface area contributed by atoms with Crippen LogP contribution in [0, 0.1) is 5.92 Å². The molecule has 0 aromatic heterocycles. The van der Waals surface area contributed by atoms with E-state index < -0.39 is 0 Å². The van der Waals surface area contributed by atoms with Gasteiger partial charge >= 0.3 is 0 Å². The summed E-state index contributed by atoms with van der Waals surface area (Å²) < 4.78 is 0. The summed E-state index contributed by atoms with van der Waals surface area (Å²) in [6.07, 6.45) is 0. The first kappa shape index (κ1) is 14.0. The highest BCUT2D eigenvalue weighted by atomic mass is 32.2. The van der Waals surface area contributed by atoms with Gasteiger partial charge in [0.25, 0.3) is 0 Å². The predicted molar refractivity (Wildman–Crippen MR) is 83.8 cm³/mol. The van der Waals surface area contributed by atoms with Crippen molar-refractivity contribution in [1.82, 2.24) is 9.80 Å². The van der Waals surface area contributed by atoms with Crippen molar-refractivity contribution in [2.45, 2.75) is 13.0 Å². The molecular formula is C16H22N2OS. The SMILES string of the molecule is CC(c1ccccc1)N1CC(C(=O)N2CCSCC2)C1. The van der Waals surface area contributed by atoms with Crippen molar-refractivity contribution in [1.29, 1.82) is 0 Å². The zero-order chi connectivity index (χ0) is 13.9. The van der Waals surface area contributed by atoms with E-state index in [4.69, 9.17) is 0 Å². The smallest absolute Gasteiger partial charge is 0.228 e. The third-order valence-corrected chi connectivity index (χ3v) is 5.35. The molecule has 0 bridgehead atoms. The van der Waals surface area contributed by atoms with Crippen molar-refractivity contribution in [2.75, 3.05) is 37.7 Å². The second-order valence-electron chi connectivity index (χ2n) is 5.68. The van der Waals surface area contributed by atoms with E-state index >= 15 is 0 Å². The second kappa shape index (κ2) is 6.19. The van der Waals surface area contributed by atoms with Gasteiger partial charge in [-0.2, -0.15) is 11.8 Å². The number of thioether (sulfide) groups is 1. The van der Waals surface area contributed by atoms with E-state index in [1.54, 1.807) is 0 Å². The van der Waals surface area contributed by atoms with Crippen LogP contribution in [0.4, 0.5) is 0 Å². The van der Waals surface area contributed by atoms with Gasteiger partial charge < -0.3 is 4.90 Å². The largest absolute Gasteiger partial charge is 0.341 e. The molecule has 1 aromatic carbocycles. The quantitative estimate of drug-likeness (QED) is 0.853. The molecule has 3 nitrogen and oxygen atoms in total. The number of likely N-dealkylation sites (tertiary alicyclic amines) is 1. The van der Waals surface area contributed by atoms with E-state index in [0.717, 1.165) is 37.7 Å².